The zero-order chi connectivity index (χ0) is 20.7. The summed E-state index contributed by atoms with van der Waals surface area (Å²) in [6, 6.07) is 7.11. The van der Waals surface area contributed by atoms with Gasteiger partial charge in [-0.1, -0.05) is 11.6 Å². The Bertz CT molecular complexity index is 1280. The summed E-state index contributed by atoms with van der Waals surface area (Å²) in [5.74, 6) is -0.563. The van der Waals surface area contributed by atoms with Crippen molar-refractivity contribution in [1.29, 1.82) is 0 Å². The molecule has 1 aromatic carbocycles. The number of benzene rings is 1. The average molecular weight is 412 g/mol. The van der Waals surface area contributed by atoms with Gasteiger partial charge in [-0.2, -0.15) is 10.2 Å². The van der Waals surface area contributed by atoms with E-state index in [0.29, 0.717) is 5.65 Å². The molecule has 0 atom stereocenters. The second-order valence-corrected chi connectivity index (χ2v) is 6.68. The monoisotopic (exact) mass is 411 g/mol. The molecule has 0 radical (unpaired) electrons. The molecule has 0 aliphatic carbocycles. The minimum Gasteiger partial charge on any atom is -0.319 e. The van der Waals surface area contributed by atoms with Gasteiger partial charge in [0, 0.05) is 42.7 Å². The third kappa shape index (κ3) is 3.29. The first-order valence-corrected chi connectivity index (χ1v) is 8.82. The van der Waals surface area contributed by atoms with Crippen LogP contribution in [0.1, 0.15) is 16.2 Å². The lowest BCUT2D eigenvalue weighted by atomic mass is 10.2. The maximum atomic E-state index is 12.7. The molecule has 1 N–H and O–H groups in total. The predicted molar refractivity (Wildman–Crippen MR) is 106 cm³/mol. The number of nitro groups is 1. The van der Waals surface area contributed by atoms with Crippen molar-refractivity contribution < 1.29 is 9.72 Å². The number of nitrogens with one attached hydrogen (secondary N) is 1. The van der Waals surface area contributed by atoms with E-state index in [1.54, 1.807) is 27.7 Å². The molecule has 0 saturated carbocycles. The Morgan fingerprint density at radius 3 is 2.76 bits per heavy atom. The van der Waals surface area contributed by atoms with Gasteiger partial charge in [0.15, 0.2) is 11.3 Å². The van der Waals surface area contributed by atoms with Gasteiger partial charge in [0.05, 0.1) is 27.5 Å². The lowest BCUT2D eigenvalue weighted by Gasteiger charge is -2.05. The van der Waals surface area contributed by atoms with Gasteiger partial charge >= 0.3 is 0 Å². The van der Waals surface area contributed by atoms with Gasteiger partial charge in [-0.25, -0.2) is 9.50 Å². The van der Waals surface area contributed by atoms with E-state index in [4.69, 9.17) is 11.6 Å². The summed E-state index contributed by atoms with van der Waals surface area (Å²) in [4.78, 5) is 27.3. The molecule has 10 nitrogen and oxygen atoms in total. The second-order valence-electron chi connectivity index (χ2n) is 6.27. The molecule has 4 aromatic rings. The summed E-state index contributed by atoms with van der Waals surface area (Å²) in [7, 11) is 1.84. The largest absolute Gasteiger partial charge is 0.319 e. The first kappa shape index (κ1) is 18.6. The molecule has 0 aliphatic rings. The van der Waals surface area contributed by atoms with Crippen LogP contribution in [0.25, 0.3) is 16.9 Å². The SMILES string of the molecule is Cc1c(-c2ccnc3cc(C(=O)Nc4cc([N+](=O)[O-])ccc4Cl)nn23)cnn1C. The number of nitrogens with zero attached hydrogens (tertiary/aromatic N) is 6. The van der Waals surface area contributed by atoms with E-state index in [0.717, 1.165) is 17.0 Å². The Labute approximate surface area is 168 Å². The van der Waals surface area contributed by atoms with Crippen LogP contribution in [0.4, 0.5) is 11.4 Å². The highest BCUT2D eigenvalue weighted by Crippen LogP contribution is 2.27. The van der Waals surface area contributed by atoms with E-state index in [2.05, 4.69) is 20.5 Å². The van der Waals surface area contributed by atoms with Crippen LogP contribution in [0.5, 0.6) is 0 Å². The number of anilines is 1. The van der Waals surface area contributed by atoms with Gasteiger partial charge in [0.25, 0.3) is 11.6 Å². The van der Waals surface area contributed by atoms with Gasteiger partial charge in [-0.15, -0.1) is 0 Å². The van der Waals surface area contributed by atoms with E-state index >= 15 is 0 Å². The number of aryl methyl sites for hydroxylation is 1. The predicted octanol–water partition coefficient (Wildman–Crippen LogP) is 3.25. The molecule has 3 aromatic heterocycles. The molecular weight excluding hydrogens is 398 g/mol. The van der Waals surface area contributed by atoms with Crippen molar-refractivity contribution >= 4 is 34.5 Å². The van der Waals surface area contributed by atoms with Crippen LogP contribution in [-0.4, -0.2) is 35.2 Å². The smallest absolute Gasteiger partial charge is 0.276 e. The normalized spacial score (nSPS) is 11.0. The number of hydrogen-bond donors (Lipinski definition) is 1. The average Bonchev–Trinajstić information content (AvgIpc) is 3.27. The highest BCUT2D eigenvalue weighted by Gasteiger charge is 2.18. The van der Waals surface area contributed by atoms with E-state index < -0.39 is 10.8 Å². The minimum absolute atomic E-state index is 0.0917. The Morgan fingerprint density at radius 1 is 1.28 bits per heavy atom. The molecule has 146 valence electrons. The molecule has 0 spiro atoms. The summed E-state index contributed by atoms with van der Waals surface area (Å²) < 4.78 is 3.29. The lowest BCUT2D eigenvalue weighted by Crippen LogP contribution is -2.13. The quantitative estimate of drug-likeness (QED) is 0.406. The lowest BCUT2D eigenvalue weighted by molar-refractivity contribution is -0.384. The Hall–Kier alpha value is -3.79. The number of non-ortho nitro benzene ring substituents is 1. The molecule has 1 amide bonds. The standard InChI is InChI=1S/C18H14ClN7O3/c1-10-12(9-21-24(10)2)16-5-6-20-17-8-15(23-25(16)17)18(27)22-14-7-11(26(28)29)3-4-13(14)19/h3-9H,1-2H3,(H,22,27). The molecule has 4 rings (SSSR count). The fourth-order valence-corrected chi connectivity index (χ4v) is 3.03. The maximum Gasteiger partial charge on any atom is 0.276 e. The fraction of sp³-hybridized carbons (Fsp3) is 0.111. The molecule has 0 saturated heterocycles. The molecule has 0 fully saturated rings. The first-order valence-electron chi connectivity index (χ1n) is 8.44. The van der Waals surface area contributed by atoms with Crippen LogP contribution < -0.4 is 5.32 Å². The Balaban J connectivity index is 1.71. The zero-order valence-corrected chi connectivity index (χ0v) is 16.1. The summed E-state index contributed by atoms with van der Waals surface area (Å²) in [6.07, 6.45) is 3.34. The summed E-state index contributed by atoms with van der Waals surface area (Å²) in [5, 5.41) is 22.3. The van der Waals surface area contributed by atoms with Crippen LogP contribution in [-0.2, 0) is 7.05 Å². The summed E-state index contributed by atoms with van der Waals surface area (Å²) >= 11 is 6.05. The van der Waals surface area contributed by atoms with E-state index in [-0.39, 0.29) is 22.1 Å². The van der Waals surface area contributed by atoms with Gasteiger partial charge in [0.1, 0.15) is 0 Å². The molecule has 29 heavy (non-hydrogen) atoms. The minimum atomic E-state index is -0.566. The number of rotatable bonds is 4. The molecular formula is C18H14ClN7O3. The summed E-state index contributed by atoms with van der Waals surface area (Å²) in [6.45, 7) is 1.93. The number of halogens is 1. The van der Waals surface area contributed by atoms with Gasteiger partial charge in [-0.05, 0) is 19.1 Å². The summed E-state index contributed by atoms with van der Waals surface area (Å²) in [5.41, 5.74) is 3.03. The Morgan fingerprint density at radius 2 is 2.07 bits per heavy atom. The maximum absolute atomic E-state index is 12.7. The van der Waals surface area contributed by atoms with Crippen LogP contribution in [0.2, 0.25) is 5.02 Å². The molecule has 0 unspecified atom stereocenters. The van der Waals surface area contributed by atoms with Gasteiger partial charge in [0.2, 0.25) is 0 Å². The third-order valence-electron chi connectivity index (χ3n) is 4.51. The molecule has 0 bridgehead atoms. The topological polar surface area (TPSA) is 120 Å². The zero-order valence-electron chi connectivity index (χ0n) is 15.3. The van der Waals surface area contributed by atoms with Crippen molar-refractivity contribution in [1.82, 2.24) is 24.4 Å². The van der Waals surface area contributed by atoms with Crippen molar-refractivity contribution in [2.45, 2.75) is 6.92 Å². The van der Waals surface area contributed by atoms with Crippen LogP contribution in [0.3, 0.4) is 0 Å². The second kappa shape index (κ2) is 6.99. The van der Waals surface area contributed by atoms with Crippen molar-refractivity contribution in [2.24, 2.45) is 7.05 Å². The third-order valence-corrected chi connectivity index (χ3v) is 4.84. The van der Waals surface area contributed by atoms with Gasteiger partial charge in [-0.3, -0.25) is 19.6 Å². The fourth-order valence-electron chi connectivity index (χ4n) is 2.87. The highest BCUT2D eigenvalue weighted by molar-refractivity contribution is 6.34. The van der Waals surface area contributed by atoms with E-state index in [1.165, 1.54) is 24.3 Å². The van der Waals surface area contributed by atoms with Crippen LogP contribution in [0.15, 0.2) is 42.7 Å². The van der Waals surface area contributed by atoms with Crippen molar-refractivity contribution in [3.63, 3.8) is 0 Å². The molecule has 0 aliphatic heterocycles. The first-order chi connectivity index (χ1) is 13.8. The number of carbonyl (C=O) groups is 1. The van der Waals surface area contributed by atoms with Crippen LogP contribution in [0, 0.1) is 17.0 Å². The number of carbonyl (C=O) groups excluding carboxylic acids is 1. The van der Waals surface area contributed by atoms with Gasteiger partial charge < -0.3 is 5.32 Å². The van der Waals surface area contributed by atoms with Crippen molar-refractivity contribution in [2.75, 3.05) is 5.32 Å². The highest BCUT2D eigenvalue weighted by atomic mass is 35.5. The number of fused-ring (bicyclic) bond motifs is 1. The molecule has 11 heteroatoms. The number of aromatic nitrogens is 5. The van der Waals surface area contributed by atoms with Crippen LogP contribution >= 0.6 is 11.6 Å². The number of amides is 1. The Kier molecular flexibility index (Phi) is 4.47. The number of hydrogen-bond acceptors (Lipinski definition) is 6. The van der Waals surface area contributed by atoms with E-state index in [1.807, 2.05) is 14.0 Å². The number of nitro benzene ring substituents is 1. The van der Waals surface area contributed by atoms with Crippen molar-refractivity contribution in [3.05, 3.63) is 69.3 Å². The van der Waals surface area contributed by atoms with E-state index in [9.17, 15) is 14.9 Å². The molecule has 3 heterocycles. The van der Waals surface area contributed by atoms with Crippen molar-refractivity contribution in [3.8, 4) is 11.3 Å².